The molecule has 4 fully saturated rings. The van der Waals surface area contributed by atoms with Gasteiger partial charge in [-0.05, 0) is 67.4 Å². The Morgan fingerprint density at radius 2 is 1.89 bits per heavy atom. The fourth-order valence-electron chi connectivity index (χ4n) is 8.04. The number of alkyl halides is 1. The van der Waals surface area contributed by atoms with Crippen LogP contribution in [0, 0.1) is 24.0 Å². The van der Waals surface area contributed by atoms with Gasteiger partial charge in [0.25, 0.3) is 0 Å². The number of fused-ring (bicyclic) bond motifs is 5. The van der Waals surface area contributed by atoms with E-state index in [1.165, 1.54) is 24.3 Å². The molecule has 2 unspecified atom stereocenters. The van der Waals surface area contributed by atoms with Crippen molar-refractivity contribution in [3.05, 3.63) is 53.6 Å². The topological polar surface area (TPSA) is 73.8 Å². The van der Waals surface area contributed by atoms with Crippen LogP contribution in [0.3, 0.4) is 0 Å². The van der Waals surface area contributed by atoms with E-state index in [1.54, 1.807) is 12.1 Å². The highest BCUT2D eigenvalue weighted by Gasteiger charge is 2.49. The van der Waals surface area contributed by atoms with Crippen LogP contribution in [0.2, 0.25) is 0 Å². The van der Waals surface area contributed by atoms with E-state index in [2.05, 4.69) is 26.0 Å². The van der Waals surface area contributed by atoms with Crippen molar-refractivity contribution >= 4 is 27.5 Å². The molecule has 226 valence electrons. The molecule has 44 heavy (non-hydrogen) atoms. The Kier molecular flexibility index (Phi) is 6.40. The Labute approximate surface area is 253 Å². The number of hydrogen-bond acceptors (Lipinski definition) is 7. The minimum absolute atomic E-state index is 0.0104. The zero-order valence-corrected chi connectivity index (χ0v) is 24.1. The van der Waals surface area contributed by atoms with Gasteiger partial charge in [0.1, 0.15) is 35.7 Å². The SMILES string of the molecule is C#Cc1c(F)ccc2cc(O)cc(-c3ccc4c(N5CC6CCC(C5)N6)nc(OC[C@@]56CCCN5C[C@H](F)C6)nc4c3F)c12. The van der Waals surface area contributed by atoms with Crippen molar-refractivity contribution in [2.24, 2.45) is 0 Å². The largest absolute Gasteiger partial charge is 0.508 e. The number of ether oxygens (including phenoxy) is 1. The molecule has 10 heteroatoms. The number of rotatable bonds is 5. The number of aromatic hydroxyl groups is 1. The minimum atomic E-state index is -0.904. The molecule has 8 rings (SSSR count). The number of piperazine rings is 1. The maximum absolute atomic E-state index is 16.8. The lowest BCUT2D eigenvalue weighted by atomic mass is 9.93. The summed E-state index contributed by atoms with van der Waals surface area (Å²) in [5.41, 5.74) is 0.00827. The number of terminal acetylenes is 1. The second kappa shape index (κ2) is 10.2. The van der Waals surface area contributed by atoms with Gasteiger partial charge >= 0.3 is 6.01 Å². The predicted molar refractivity (Wildman–Crippen MR) is 163 cm³/mol. The molecule has 2 bridgehead atoms. The Hall–Kier alpha value is -4.07. The third kappa shape index (κ3) is 4.36. The van der Waals surface area contributed by atoms with Crippen molar-refractivity contribution in [3.8, 4) is 35.2 Å². The van der Waals surface area contributed by atoms with Gasteiger partial charge in [-0.2, -0.15) is 9.97 Å². The highest BCUT2D eigenvalue weighted by Crippen LogP contribution is 2.42. The first-order valence-electron chi connectivity index (χ1n) is 15.3. The number of nitrogens with one attached hydrogen (secondary N) is 1. The summed E-state index contributed by atoms with van der Waals surface area (Å²) in [6.07, 6.45) is 9.10. The fourth-order valence-corrected chi connectivity index (χ4v) is 8.04. The summed E-state index contributed by atoms with van der Waals surface area (Å²) in [5, 5.41) is 15.5. The molecule has 4 aromatic rings. The molecule has 4 atom stereocenters. The second-order valence-corrected chi connectivity index (χ2v) is 12.7. The normalized spacial score (nSPS) is 26.4. The van der Waals surface area contributed by atoms with Gasteiger partial charge in [-0.25, -0.2) is 13.2 Å². The molecule has 4 aliphatic heterocycles. The molecule has 3 aromatic carbocycles. The van der Waals surface area contributed by atoms with Crippen LogP contribution in [0.25, 0.3) is 32.8 Å². The quantitative estimate of drug-likeness (QED) is 0.301. The van der Waals surface area contributed by atoms with E-state index >= 15 is 4.39 Å². The maximum atomic E-state index is 16.8. The van der Waals surface area contributed by atoms with Crippen molar-refractivity contribution < 1.29 is 23.0 Å². The third-order valence-electron chi connectivity index (χ3n) is 10.00. The van der Waals surface area contributed by atoms with Crippen LogP contribution >= 0.6 is 0 Å². The average Bonchev–Trinajstić information content (AvgIpc) is 3.66. The Morgan fingerprint density at radius 3 is 2.68 bits per heavy atom. The number of benzene rings is 3. The van der Waals surface area contributed by atoms with E-state index in [4.69, 9.17) is 16.1 Å². The van der Waals surface area contributed by atoms with Gasteiger partial charge in [0.15, 0.2) is 5.82 Å². The highest BCUT2D eigenvalue weighted by atomic mass is 19.1. The monoisotopic (exact) mass is 599 g/mol. The van der Waals surface area contributed by atoms with Gasteiger partial charge in [0, 0.05) is 54.5 Å². The van der Waals surface area contributed by atoms with E-state index < -0.39 is 23.3 Å². The van der Waals surface area contributed by atoms with Gasteiger partial charge in [-0.15, -0.1) is 6.42 Å². The summed E-state index contributed by atoms with van der Waals surface area (Å²) in [6, 6.07) is 9.65. The van der Waals surface area contributed by atoms with E-state index in [-0.39, 0.29) is 40.6 Å². The van der Waals surface area contributed by atoms with Crippen molar-refractivity contribution in [2.75, 3.05) is 37.7 Å². The number of phenols is 1. The first-order chi connectivity index (χ1) is 21.3. The molecule has 1 aromatic heterocycles. The summed E-state index contributed by atoms with van der Waals surface area (Å²) < 4.78 is 52.3. The number of nitrogens with zero attached hydrogens (tertiary/aromatic N) is 4. The van der Waals surface area contributed by atoms with E-state index in [0.717, 1.165) is 32.2 Å². The van der Waals surface area contributed by atoms with Gasteiger partial charge in [0.2, 0.25) is 0 Å². The molecule has 4 aliphatic rings. The average molecular weight is 600 g/mol. The summed E-state index contributed by atoms with van der Waals surface area (Å²) in [6.45, 7) is 2.87. The van der Waals surface area contributed by atoms with Crippen LogP contribution in [-0.2, 0) is 0 Å². The molecule has 0 aliphatic carbocycles. The van der Waals surface area contributed by atoms with Crippen LogP contribution in [0.1, 0.15) is 37.7 Å². The van der Waals surface area contributed by atoms with Crippen molar-refractivity contribution in [1.29, 1.82) is 0 Å². The number of anilines is 1. The second-order valence-electron chi connectivity index (χ2n) is 12.7. The molecule has 7 nitrogen and oxygen atoms in total. The summed E-state index contributed by atoms with van der Waals surface area (Å²) in [7, 11) is 0. The lowest BCUT2D eigenvalue weighted by Crippen LogP contribution is -2.51. The van der Waals surface area contributed by atoms with Gasteiger partial charge < -0.3 is 20.1 Å². The molecule has 4 saturated heterocycles. The Balaban J connectivity index is 1.28. The molecule has 0 saturated carbocycles. The minimum Gasteiger partial charge on any atom is -0.508 e. The lowest BCUT2D eigenvalue weighted by molar-refractivity contribution is 0.107. The molecular formula is C34H32F3N5O2. The number of phenolic OH excluding ortho intramolecular Hbond substituents is 1. The van der Waals surface area contributed by atoms with E-state index in [9.17, 15) is 13.9 Å². The molecule has 2 N–H and O–H groups in total. The molecule has 5 heterocycles. The highest BCUT2D eigenvalue weighted by molar-refractivity contribution is 6.04. The van der Waals surface area contributed by atoms with Crippen LogP contribution < -0.4 is 15.0 Å². The van der Waals surface area contributed by atoms with Crippen molar-refractivity contribution in [2.45, 2.75) is 55.9 Å². The van der Waals surface area contributed by atoms with Crippen LogP contribution in [-0.4, -0.2) is 76.6 Å². The first-order valence-corrected chi connectivity index (χ1v) is 15.3. The van der Waals surface area contributed by atoms with Gasteiger partial charge in [-0.3, -0.25) is 4.90 Å². The van der Waals surface area contributed by atoms with Crippen LogP contribution in [0.5, 0.6) is 11.8 Å². The van der Waals surface area contributed by atoms with Gasteiger partial charge in [0.05, 0.1) is 11.1 Å². The maximum Gasteiger partial charge on any atom is 0.319 e. The molecular weight excluding hydrogens is 567 g/mol. The van der Waals surface area contributed by atoms with Crippen molar-refractivity contribution in [1.82, 2.24) is 20.2 Å². The number of aromatic nitrogens is 2. The Morgan fingerprint density at radius 1 is 1.07 bits per heavy atom. The van der Waals surface area contributed by atoms with E-state index in [1.807, 2.05) is 0 Å². The zero-order valence-electron chi connectivity index (χ0n) is 24.1. The third-order valence-corrected chi connectivity index (χ3v) is 10.00. The lowest BCUT2D eigenvalue weighted by Gasteiger charge is -2.34. The summed E-state index contributed by atoms with van der Waals surface area (Å²) >= 11 is 0. The summed E-state index contributed by atoms with van der Waals surface area (Å²) in [4.78, 5) is 13.7. The smallest absolute Gasteiger partial charge is 0.319 e. The number of halogens is 3. The molecule has 0 spiro atoms. The first kappa shape index (κ1) is 27.5. The van der Waals surface area contributed by atoms with Crippen LogP contribution in [0.15, 0.2) is 36.4 Å². The number of hydrogen-bond donors (Lipinski definition) is 2. The zero-order chi connectivity index (χ0) is 30.2. The van der Waals surface area contributed by atoms with Crippen molar-refractivity contribution in [3.63, 3.8) is 0 Å². The van der Waals surface area contributed by atoms with Crippen LogP contribution in [0.4, 0.5) is 19.0 Å². The fraction of sp³-hybridized carbons (Fsp3) is 0.412. The van der Waals surface area contributed by atoms with Gasteiger partial charge in [-0.1, -0.05) is 18.1 Å². The standard InChI is InChI=1S/C34H32F3N5O2/c1-2-24-28(36)9-4-19-12-23(43)13-27(29(19)24)25-7-8-26-31(30(25)37)39-33(40-32(26)41-16-21-5-6-22(17-41)38-21)44-18-34-10-3-11-42(34)15-20(35)14-34/h1,4,7-9,12-13,20-22,38,43H,3,5-6,10-11,14-18H2/t20-,21?,22?,34+/m1/s1. The Bertz CT molecular complexity index is 1850. The molecule has 0 amide bonds. The molecule has 0 radical (unpaired) electrons. The summed E-state index contributed by atoms with van der Waals surface area (Å²) in [5.74, 6) is 1.62. The van der Waals surface area contributed by atoms with E-state index in [0.29, 0.717) is 60.1 Å². The predicted octanol–water partition coefficient (Wildman–Crippen LogP) is 5.31.